The number of nitrogens with one attached hydrogen (secondary N) is 1. The minimum atomic E-state index is 0.585. The van der Waals surface area contributed by atoms with E-state index >= 15 is 0 Å². The van der Waals surface area contributed by atoms with Crippen LogP contribution in [-0.2, 0) is 0 Å². The van der Waals surface area contributed by atoms with Crippen LogP contribution in [0.1, 0.15) is 26.7 Å². The van der Waals surface area contributed by atoms with E-state index in [1.165, 1.54) is 12.8 Å². The highest BCUT2D eigenvalue weighted by molar-refractivity contribution is 5.41. The first-order valence-electron chi connectivity index (χ1n) is 6.91. The summed E-state index contributed by atoms with van der Waals surface area (Å²) in [5, 5.41) is 3.52. The van der Waals surface area contributed by atoms with Crippen LogP contribution in [0.5, 0.6) is 5.88 Å². The molecule has 1 unspecified atom stereocenters. The molecule has 0 radical (unpaired) electrons. The summed E-state index contributed by atoms with van der Waals surface area (Å²) in [4.78, 5) is 6.90. The molecule has 0 spiro atoms. The number of pyridine rings is 1. The van der Waals surface area contributed by atoms with Crippen LogP contribution in [0, 0.1) is 0 Å². The zero-order valence-electron chi connectivity index (χ0n) is 11.4. The van der Waals surface area contributed by atoms with Crippen molar-refractivity contribution in [2.45, 2.75) is 32.7 Å². The zero-order chi connectivity index (χ0) is 12.8. The number of ether oxygens (including phenoxy) is 1. The number of piperidine rings is 1. The van der Waals surface area contributed by atoms with Gasteiger partial charge in [0.05, 0.1) is 6.61 Å². The van der Waals surface area contributed by atoms with Crippen molar-refractivity contribution in [3.8, 4) is 5.88 Å². The maximum atomic E-state index is 5.46. The molecule has 100 valence electrons. The van der Waals surface area contributed by atoms with Crippen LogP contribution in [0.15, 0.2) is 18.2 Å². The molecule has 2 heterocycles. The zero-order valence-corrected chi connectivity index (χ0v) is 11.4. The SMILES string of the molecule is CCNC1CCCN(c2cccc(OCC)n2)C1. The predicted molar refractivity (Wildman–Crippen MR) is 74.3 cm³/mol. The molecule has 4 heteroatoms. The third-order valence-corrected chi connectivity index (χ3v) is 3.24. The maximum absolute atomic E-state index is 5.46. The van der Waals surface area contributed by atoms with Gasteiger partial charge in [0.15, 0.2) is 0 Å². The first-order valence-corrected chi connectivity index (χ1v) is 6.91. The summed E-state index contributed by atoms with van der Waals surface area (Å²) in [6.07, 6.45) is 2.48. The van der Waals surface area contributed by atoms with E-state index in [2.05, 4.69) is 28.2 Å². The fourth-order valence-corrected chi connectivity index (χ4v) is 2.45. The van der Waals surface area contributed by atoms with E-state index in [4.69, 9.17) is 4.74 Å². The Labute approximate surface area is 109 Å². The van der Waals surface area contributed by atoms with E-state index in [0.717, 1.165) is 31.3 Å². The molecule has 1 fully saturated rings. The van der Waals surface area contributed by atoms with Crippen LogP contribution in [0.4, 0.5) is 5.82 Å². The molecule has 1 aromatic heterocycles. The Morgan fingerprint density at radius 3 is 3.11 bits per heavy atom. The fourth-order valence-electron chi connectivity index (χ4n) is 2.45. The van der Waals surface area contributed by atoms with Crippen molar-refractivity contribution >= 4 is 5.82 Å². The lowest BCUT2D eigenvalue weighted by molar-refractivity contribution is 0.326. The average molecular weight is 249 g/mol. The van der Waals surface area contributed by atoms with Gasteiger partial charge in [-0.2, -0.15) is 4.98 Å². The van der Waals surface area contributed by atoms with Crippen molar-refractivity contribution in [1.82, 2.24) is 10.3 Å². The van der Waals surface area contributed by atoms with Crippen molar-refractivity contribution in [3.05, 3.63) is 18.2 Å². The first kappa shape index (κ1) is 13.1. The third-order valence-electron chi connectivity index (χ3n) is 3.24. The number of hydrogen-bond donors (Lipinski definition) is 1. The highest BCUT2D eigenvalue weighted by Crippen LogP contribution is 2.20. The summed E-state index contributed by atoms with van der Waals surface area (Å²) in [5.74, 6) is 1.75. The highest BCUT2D eigenvalue weighted by atomic mass is 16.5. The molecule has 0 aliphatic carbocycles. The van der Waals surface area contributed by atoms with Gasteiger partial charge in [-0.1, -0.05) is 13.0 Å². The van der Waals surface area contributed by atoms with Crippen molar-refractivity contribution in [3.63, 3.8) is 0 Å². The summed E-state index contributed by atoms with van der Waals surface area (Å²) in [7, 11) is 0. The Morgan fingerprint density at radius 1 is 1.44 bits per heavy atom. The van der Waals surface area contributed by atoms with Crippen LogP contribution in [-0.4, -0.2) is 37.3 Å². The van der Waals surface area contributed by atoms with Gasteiger partial charge in [0.1, 0.15) is 5.82 Å². The second kappa shape index (κ2) is 6.59. The number of anilines is 1. The van der Waals surface area contributed by atoms with Gasteiger partial charge in [-0.15, -0.1) is 0 Å². The minimum absolute atomic E-state index is 0.585. The molecule has 1 aliphatic heterocycles. The molecule has 1 saturated heterocycles. The van der Waals surface area contributed by atoms with Gasteiger partial charge in [0.2, 0.25) is 5.88 Å². The third kappa shape index (κ3) is 3.35. The number of hydrogen-bond acceptors (Lipinski definition) is 4. The van der Waals surface area contributed by atoms with Crippen LogP contribution in [0.3, 0.4) is 0 Å². The molecule has 1 N–H and O–H groups in total. The summed E-state index contributed by atoms with van der Waals surface area (Å²) >= 11 is 0. The Balaban J connectivity index is 2.03. The Morgan fingerprint density at radius 2 is 2.33 bits per heavy atom. The summed E-state index contributed by atoms with van der Waals surface area (Å²) in [6.45, 7) is 7.96. The van der Waals surface area contributed by atoms with Gasteiger partial charge in [-0.25, -0.2) is 0 Å². The van der Waals surface area contributed by atoms with Crippen LogP contribution in [0.25, 0.3) is 0 Å². The predicted octanol–water partition coefficient (Wildman–Crippen LogP) is 2.06. The van der Waals surface area contributed by atoms with Gasteiger partial charge in [0, 0.05) is 25.2 Å². The molecule has 2 rings (SSSR count). The van der Waals surface area contributed by atoms with E-state index in [0.29, 0.717) is 12.6 Å². The van der Waals surface area contributed by atoms with E-state index in [-0.39, 0.29) is 0 Å². The first-order chi connectivity index (χ1) is 8.83. The second-order valence-corrected chi connectivity index (χ2v) is 4.61. The summed E-state index contributed by atoms with van der Waals surface area (Å²) < 4.78 is 5.46. The smallest absolute Gasteiger partial charge is 0.215 e. The van der Waals surface area contributed by atoms with Gasteiger partial charge < -0.3 is 15.0 Å². The van der Waals surface area contributed by atoms with Gasteiger partial charge in [-0.05, 0) is 32.4 Å². The maximum Gasteiger partial charge on any atom is 0.215 e. The molecule has 18 heavy (non-hydrogen) atoms. The van der Waals surface area contributed by atoms with E-state index in [1.807, 2.05) is 19.1 Å². The van der Waals surface area contributed by atoms with Crippen molar-refractivity contribution < 1.29 is 4.74 Å². The van der Waals surface area contributed by atoms with Crippen molar-refractivity contribution in [2.75, 3.05) is 31.1 Å². The number of rotatable bonds is 5. The van der Waals surface area contributed by atoms with Crippen molar-refractivity contribution in [1.29, 1.82) is 0 Å². The molecule has 4 nitrogen and oxygen atoms in total. The molecule has 0 amide bonds. The normalized spacial score (nSPS) is 19.9. The molecular weight excluding hydrogens is 226 g/mol. The monoisotopic (exact) mass is 249 g/mol. The van der Waals surface area contributed by atoms with Gasteiger partial charge in [-0.3, -0.25) is 0 Å². The van der Waals surface area contributed by atoms with Crippen LogP contribution in [0.2, 0.25) is 0 Å². The lowest BCUT2D eigenvalue weighted by atomic mass is 10.1. The quantitative estimate of drug-likeness (QED) is 0.866. The summed E-state index contributed by atoms with van der Waals surface area (Å²) in [6, 6.07) is 6.58. The molecule has 1 aromatic rings. The molecular formula is C14H23N3O. The van der Waals surface area contributed by atoms with Crippen LogP contribution < -0.4 is 15.0 Å². The van der Waals surface area contributed by atoms with Gasteiger partial charge >= 0.3 is 0 Å². The molecule has 1 aliphatic rings. The largest absolute Gasteiger partial charge is 0.478 e. The average Bonchev–Trinajstić information content (AvgIpc) is 2.40. The lowest BCUT2D eigenvalue weighted by Gasteiger charge is -2.34. The fraction of sp³-hybridized carbons (Fsp3) is 0.643. The van der Waals surface area contributed by atoms with E-state index in [1.54, 1.807) is 0 Å². The second-order valence-electron chi connectivity index (χ2n) is 4.61. The Kier molecular flexibility index (Phi) is 4.81. The standard InChI is InChI=1S/C14H23N3O/c1-3-15-12-7-6-10-17(11-12)13-8-5-9-14(16-13)18-4-2/h5,8-9,12,15H,3-4,6-7,10-11H2,1-2H3. The number of aromatic nitrogens is 1. The van der Waals surface area contributed by atoms with Crippen LogP contribution >= 0.6 is 0 Å². The molecule has 1 atom stereocenters. The number of nitrogens with zero attached hydrogens (tertiary/aromatic N) is 2. The highest BCUT2D eigenvalue weighted by Gasteiger charge is 2.20. The van der Waals surface area contributed by atoms with E-state index in [9.17, 15) is 0 Å². The molecule has 0 aromatic carbocycles. The number of likely N-dealkylation sites (N-methyl/N-ethyl adjacent to an activating group) is 1. The lowest BCUT2D eigenvalue weighted by Crippen LogP contribution is -2.46. The Bertz CT molecular complexity index is 368. The van der Waals surface area contributed by atoms with Crippen molar-refractivity contribution in [2.24, 2.45) is 0 Å². The van der Waals surface area contributed by atoms with Gasteiger partial charge in [0.25, 0.3) is 0 Å². The minimum Gasteiger partial charge on any atom is -0.478 e. The van der Waals surface area contributed by atoms with E-state index < -0.39 is 0 Å². The molecule has 0 saturated carbocycles. The molecule has 0 bridgehead atoms. The Hall–Kier alpha value is -1.29. The topological polar surface area (TPSA) is 37.4 Å². The summed E-state index contributed by atoms with van der Waals surface area (Å²) in [5.41, 5.74) is 0.